The van der Waals surface area contributed by atoms with Gasteiger partial charge < -0.3 is 15.7 Å². The molecule has 2 aromatic carbocycles. The number of benzene rings is 2. The summed E-state index contributed by atoms with van der Waals surface area (Å²) in [5.41, 5.74) is 2.47. The molecule has 3 N–H and O–H groups in total. The van der Waals surface area contributed by atoms with Crippen molar-refractivity contribution in [2.45, 2.75) is 13.0 Å². The topological polar surface area (TPSA) is 78.4 Å². The van der Waals surface area contributed by atoms with Gasteiger partial charge in [0, 0.05) is 12.2 Å². The normalized spacial score (nSPS) is 10.2. The summed E-state index contributed by atoms with van der Waals surface area (Å²) in [6.07, 6.45) is -0.0210. The largest absolute Gasteiger partial charge is 0.481 e. The molecule has 0 fully saturated rings. The molecule has 0 unspecified atom stereocenters. The maximum absolute atomic E-state index is 11.8. The molecule has 0 aliphatic carbocycles. The Morgan fingerprint density at radius 3 is 2.23 bits per heavy atom. The third-order valence-corrected chi connectivity index (χ3v) is 3.05. The van der Waals surface area contributed by atoms with E-state index < -0.39 is 5.97 Å². The van der Waals surface area contributed by atoms with E-state index in [2.05, 4.69) is 10.6 Å². The maximum atomic E-state index is 11.8. The molecule has 5 heteroatoms. The number of hydrogen-bond donors (Lipinski definition) is 3. The van der Waals surface area contributed by atoms with Crippen LogP contribution in [0.15, 0.2) is 54.6 Å². The van der Waals surface area contributed by atoms with E-state index in [9.17, 15) is 9.59 Å². The van der Waals surface area contributed by atoms with Crippen molar-refractivity contribution in [3.63, 3.8) is 0 Å². The number of carbonyl (C=O) groups is 2. The summed E-state index contributed by atoms with van der Waals surface area (Å²) in [4.78, 5) is 22.4. The fourth-order valence-corrected chi connectivity index (χ4v) is 2.00. The van der Waals surface area contributed by atoms with Gasteiger partial charge in [0.15, 0.2) is 0 Å². The molecule has 0 heterocycles. The van der Waals surface area contributed by atoms with Crippen LogP contribution in [0, 0.1) is 0 Å². The van der Waals surface area contributed by atoms with Crippen molar-refractivity contribution in [1.82, 2.24) is 5.32 Å². The van der Waals surface area contributed by atoms with Gasteiger partial charge in [0.1, 0.15) is 0 Å². The predicted octanol–water partition coefficient (Wildman–Crippen LogP) is 2.04. The molecule has 0 atom stereocenters. The summed E-state index contributed by atoms with van der Waals surface area (Å²) in [6, 6.07) is 16.6. The number of carboxylic acid groups (broad SMARTS) is 1. The lowest BCUT2D eigenvalue weighted by molar-refractivity contribution is -0.136. The first-order chi connectivity index (χ1) is 10.6. The lowest BCUT2D eigenvalue weighted by Crippen LogP contribution is -2.27. The van der Waals surface area contributed by atoms with Crippen molar-refractivity contribution < 1.29 is 14.7 Å². The Bertz CT molecular complexity index is 624. The summed E-state index contributed by atoms with van der Waals surface area (Å²) in [6.45, 7) is 0.845. The monoisotopic (exact) mass is 298 g/mol. The Balaban J connectivity index is 1.75. The van der Waals surface area contributed by atoms with Gasteiger partial charge in [0.05, 0.1) is 13.0 Å². The van der Waals surface area contributed by atoms with Crippen molar-refractivity contribution in [3.8, 4) is 0 Å². The first-order valence-corrected chi connectivity index (χ1v) is 6.99. The molecule has 2 rings (SSSR count). The number of carboxylic acids is 1. The highest BCUT2D eigenvalue weighted by Gasteiger charge is 2.03. The van der Waals surface area contributed by atoms with Crippen LogP contribution < -0.4 is 10.6 Å². The highest BCUT2D eigenvalue weighted by molar-refractivity contribution is 5.92. The van der Waals surface area contributed by atoms with Gasteiger partial charge in [-0.25, -0.2) is 0 Å². The van der Waals surface area contributed by atoms with Gasteiger partial charge in [0.25, 0.3) is 0 Å². The molecule has 5 nitrogen and oxygen atoms in total. The number of carbonyl (C=O) groups excluding carboxylic acids is 1. The van der Waals surface area contributed by atoms with Crippen LogP contribution in [0.1, 0.15) is 11.1 Å². The molecule has 0 bridgehead atoms. The summed E-state index contributed by atoms with van der Waals surface area (Å²) in [5.74, 6) is -1.01. The molecule has 0 aliphatic heterocycles. The Kier molecular flexibility index (Phi) is 5.68. The van der Waals surface area contributed by atoms with E-state index in [1.54, 1.807) is 24.3 Å². The predicted molar refractivity (Wildman–Crippen MR) is 84.6 cm³/mol. The van der Waals surface area contributed by atoms with Crippen molar-refractivity contribution >= 4 is 17.6 Å². The molecule has 0 saturated heterocycles. The van der Waals surface area contributed by atoms with Crippen molar-refractivity contribution in [1.29, 1.82) is 0 Å². The van der Waals surface area contributed by atoms with Crippen LogP contribution in [-0.4, -0.2) is 23.5 Å². The first kappa shape index (κ1) is 15.7. The Labute approximate surface area is 129 Å². The fraction of sp³-hybridized carbons (Fsp3) is 0.176. The van der Waals surface area contributed by atoms with Crippen molar-refractivity contribution in [3.05, 3.63) is 65.7 Å². The molecule has 0 aromatic heterocycles. The van der Waals surface area contributed by atoms with E-state index in [1.807, 2.05) is 30.3 Å². The minimum Gasteiger partial charge on any atom is -0.481 e. The van der Waals surface area contributed by atoms with Gasteiger partial charge in [0.2, 0.25) is 5.91 Å². The van der Waals surface area contributed by atoms with Crippen molar-refractivity contribution in [2.75, 3.05) is 11.9 Å². The molecule has 0 saturated carbocycles. The van der Waals surface area contributed by atoms with E-state index in [0.29, 0.717) is 17.8 Å². The Morgan fingerprint density at radius 1 is 0.909 bits per heavy atom. The average molecular weight is 298 g/mol. The standard InChI is InChI=1S/C17H18N2O3/c20-16(12-18-11-14-4-2-1-3-5-14)19-15-8-6-13(7-9-15)10-17(21)22/h1-9,18H,10-12H2,(H,19,20)(H,21,22). The number of aliphatic carboxylic acids is 1. The lowest BCUT2D eigenvalue weighted by Gasteiger charge is -2.07. The quantitative estimate of drug-likeness (QED) is 0.731. The number of nitrogens with one attached hydrogen (secondary N) is 2. The zero-order valence-corrected chi connectivity index (χ0v) is 12.1. The molecule has 0 radical (unpaired) electrons. The number of rotatable bonds is 7. The van der Waals surface area contributed by atoms with Gasteiger partial charge in [-0.3, -0.25) is 9.59 Å². The molecular weight excluding hydrogens is 280 g/mol. The fourth-order valence-electron chi connectivity index (χ4n) is 2.00. The Morgan fingerprint density at radius 2 is 1.59 bits per heavy atom. The molecule has 0 aliphatic rings. The summed E-state index contributed by atoms with van der Waals surface area (Å²) < 4.78 is 0. The maximum Gasteiger partial charge on any atom is 0.307 e. The number of anilines is 1. The molecule has 22 heavy (non-hydrogen) atoms. The van der Waals surface area contributed by atoms with E-state index >= 15 is 0 Å². The zero-order valence-electron chi connectivity index (χ0n) is 12.1. The minimum atomic E-state index is -0.873. The third kappa shape index (κ3) is 5.38. The first-order valence-electron chi connectivity index (χ1n) is 6.99. The summed E-state index contributed by atoms with van der Waals surface area (Å²) in [7, 11) is 0. The van der Waals surface area contributed by atoms with Crippen LogP contribution in [-0.2, 0) is 22.6 Å². The molecule has 114 valence electrons. The lowest BCUT2D eigenvalue weighted by atomic mass is 10.1. The molecule has 1 amide bonds. The number of amides is 1. The minimum absolute atomic E-state index is 0.0210. The second-order valence-electron chi connectivity index (χ2n) is 4.90. The molecule has 2 aromatic rings. The summed E-state index contributed by atoms with van der Waals surface area (Å²) in [5, 5.41) is 14.5. The van der Waals surface area contributed by atoms with E-state index in [4.69, 9.17) is 5.11 Å². The van der Waals surface area contributed by atoms with Crippen molar-refractivity contribution in [2.24, 2.45) is 0 Å². The van der Waals surface area contributed by atoms with Gasteiger partial charge in [-0.15, -0.1) is 0 Å². The smallest absolute Gasteiger partial charge is 0.307 e. The van der Waals surface area contributed by atoms with Gasteiger partial charge >= 0.3 is 5.97 Å². The second kappa shape index (κ2) is 7.95. The second-order valence-corrected chi connectivity index (χ2v) is 4.90. The average Bonchev–Trinajstić information content (AvgIpc) is 2.50. The van der Waals surface area contributed by atoms with Crippen LogP contribution in [0.25, 0.3) is 0 Å². The van der Waals surface area contributed by atoms with Crippen LogP contribution >= 0.6 is 0 Å². The highest BCUT2D eigenvalue weighted by Crippen LogP contribution is 2.10. The SMILES string of the molecule is O=C(O)Cc1ccc(NC(=O)CNCc2ccccc2)cc1. The van der Waals surface area contributed by atoms with E-state index in [0.717, 1.165) is 5.56 Å². The van der Waals surface area contributed by atoms with Crippen LogP contribution in [0.2, 0.25) is 0 Å². The van der Waals surface area contributed by atoms with Crippen LogP contribution in [0.5, 0.6) is 0 Å². The van der Waals surface area contributed by atoms with E-state index in [1.165, 1.54) is 0 Å². The summed E-state index contributed by atoms with van der Waals surface area (Å²) >= 11 is 0. The Hall–Kier alpha value is -2.66. The molecule has 0 spiro atoms. The van der Waals surface area contributed by atoms with E-state index in [-0.39, 0.29) is 18.9 Å². The third-order valence-electron chi connectivity index (χ3n) is 3.05. The molecular formula is C17H18N2O3. The van der Waals surface area contributed by atoms with Crippen LogP contribution in [0.3, 0.4) is 0 Å². The van der Waals surface area contributed by atoms with Gasteiger partial charge in [-0.1, -0.05) is 42.5 Å². The highest BCUT2D eigenvalue weighted by atomic mass is 16.4. The number of hydrogen-bond acceptors (Lipinski definition) is 3. The van der Waals surface area contributed by atoms with Gasteiger partial charge in [-0.05, 0) is 23.3 Å². The van der Waals surface area contributed by atoms with Crippen LogP contribution in [0.4, 0.5) is 5.69 Å². The zero-order chi connectivity index (χ0) is 15.8. The van der Waals surface area contributed by atoms with Gasteiger partial charge in [-0.2, -0.15) is 0 Å².